The number of fused-ring (bicyclic) bond motifs is 1. The molecule has 0 fully saturated rings. The Morgan fingerprint density at radius 3 is 2.85 bits per heavy atom. The Morgan fingerprint density at radius 1 is 1.30 bits per heavy atom. The quantitative estimate of drug-likeness (QED) is 0.737. The van der Waals surface area contributed by atoms with Crippen LogP contribution in [0.5, 0.6) is 5.75 Å². The molecule has 0 aromatic heterocycles. The van der Waals surface area contributed by atoms with Crippen LogP contribution in [0.25, 0.3) is 0 Å². The minimum Gasteiger partial charge on any atom is -0.494 e. The van der Waals surface area contributed by atoms with E-state index in [0.29, 0.717) is 13.0 Å². The van der Waals surface area contributed by atoms with E-state index in [2.05, 4.69) is 6.07 Å². The van der Waals surface area contributed by atoms with Gasteiger partial charge in [0.25, 0.3) is 0 Å². The Morgan fingerprint density at radius 2 is 2.10 bits per heavy atom. The van der Waals surface area contributed by atoms with Gasteiger partial charge in [0, 0.05) is 12.0 Å². The number of carbonyl (C=O) groups is 1. The van der Waals surface area contributed by atoms with Crippen LogP contribution in [-0.2, 0) is 6.42 Å². The molecule has 0 N–H and O–H groups in total. The van der Waals surface area contributed by atoms with Gasteiger partial charge in [0.1, 0.15) is 5.75 Å². The highest BCUT2D eigenvalue weighted by molar-refractivity contribution is 6.00. The van der Waals surface area contributed by atoms with Crippen LogP contribution in [-0.4, -0.2) is 12.4 Å². The van der Waals surface area contributed by atoms with Crippen LogP contribution in [0.4, 0.5) is 0 Å². The van der Waals surface area contributed by atoms with Crippen LogP contribution in [0, 0.1) is 16.7 Å². The number of Topliss-reactive ketones (excluding diaryl/α,β-unsaturated/α-hetero) is 1. The van der Waals surface area contributed by atoms with Gasteiger partial charge in [0.15, 0.2) is 5.78 Å². The average molecular weight is 271 g/mol. The fourth-order valence-corrected chi connectivity index (χ4v) is 2.44. The van der Waals surface area contributed by atoms with Crippen LogP contribution < -0.4 is 4.74 Å². The van der Waals surface area contributed by atoms with E-state index in [0.717, 1.165) is 42.6 Å². The number of nitriles is 1. The molecular formula is C17H21NO2. The number of rotatable bonds is 6. The summed E-state index contributed by atoms with van der Waals surface area (Å²) in [4.78, 5) is 11.5. The van der Waals surface area contributed by atoms with Gasteiger partial charge in [-0.15, -0.1) is 0 Å². The van der Waals surface area contributed by atoms with Gasteiger partial charge in [-0.25, -0.2) is 0 Å². The summed E-state index contributed by atoms with van der Waals surface area (Å²) in [6, 6.07) is 8.05. The van der Waals surface area contributed by atoms with Crippen molar-refractivity contribution in [3.8, 4) is 11.8 Å². The first-order chi connectivity index (χ1) is 9.52. The maximum atomic E-state index is 11.5. The van der Waals surface area contributed by atoms with Gasteiger partial charge in [0.05, 0.1) is 18.1 Å². The first-order valence-corrected chi connectivity index (χ1v) is 7.22. The third kappa shape index (κ3) is 3.60. The topological polar surface area (TPSA) is 50.1 Å². The van der Waals surface area contributed by atoms with Crippen molar-refractivity contribution in [1.82, 2.24) is 0 Å². The molecule has 20 heavy (non-hydrogen) atoms. The van der Waals surface area contributed by atoms with Crippen LogP contribution in [0.2, 0.25) is 0 Å². The van der Waals surface area contributed by atoms with Crippen molar-refractivity contribution in [3.05, 3.63) is 29.3 Å². The van der Waals surface area contributed by atoms with E-state index in [9.17, 15) is 4.79 Å². The molecule has 1 aliphatic carbocycles. The Hall–Kier alpha value is -1.82. The molecule has 1 aromatic rings. The van der Waals surface area contributed by atoms with Crippen LogP contribution in [0.1, 0.15) is 55.5 Å². The Bertz CT molecular complexity index is 540. The van der Waals surface area contributed by atoms with Gasteiger partial charge < -0.3 is 4.74 Å². The number of unbranched alkanes of at least 4 members (excludes halogenated alkanes) is 1. The largest absolute Gasteiger partial charge is 0.494 e. The van der Waals surface area contributed by atoms with Gasteiger partial charge in [-0.1, -0.05) is 0 Å². The highest BCUT2D eigenvalue weighted by Gasteiger charge is 2.19. The maximum absolute atomic E-state index is 11.5. The number of hydrogen-bond acceptors (Lipinski definition) is 3. The lowest BCUT2D eigenvalue weighted by Gasteiger charge is -2.14. The van der Waals surface area contributed by atoms with E-state index >= 15 is 0 Å². The standard InChI is InChI=1S/C17H21NO2/c1-17(2,12-18)9-3-4-10-20-14-6-7-15-13(11-14)5-8-16(15)19/h6-7,11H,3-5,8-10H2,1-2H3. The van der Waals surface area contributed by atoms with Gasteiger partial charge in [-0.3, -0.25) is 4.79 Å². The summed E-state index contributed by atoms with van der Waals surface area (Å²) in [6.07, 6.45) is 4.29. The lowest BCUT2D eigenvalue weighted by molar-refractivity contribution is 0.0994. The minimum atomic E-state index is -0.242. The highest BCUT2D eigenvalue weighted by atomic mass is 16.5. The van der Waals surface area contributed by atoms with Crippen molar-refractivity contribution in [2.45, 2.75) is 46.0 Å². The predicted octanol–water partition coefficient (Wildman–Crippen LogP) is 3.91. The second kappa shape index (κ2) is 6.09. The number of hydrogen-bond donors (Lipinski definition) is 0. The summed E-state index contributed by atoms with van der Waals surface area (Å²) in [5.74, 6) is 1.09. The molecule has 3 heteroatoms. The molecule has 0 saturated carbocycles. The molecule has 0 unspecified atom stereocenters. The van der Waals surface area contributed by atoms with Gasteiger partial charge in [0.2, 0.25) is 0 Å². The van der Waals surface area contributed by atoms with E-state index in [1.54, 1.807) is 0 Å². The molecule has 0 radical (unpaired) electrons. The average Bonchev–Trinajstić information content (AvgIpc) is 2.79. The summed E-state index contributed by atoms with van der Waals surface area (Å²) >= 11 is 0. The van der Waals surface area contributed by atoms with Crippen molar-refractivity contribution in [2.24, 2.45) is 5.41 Å². The monoisotopic (exact) mass is 271 g/mol. The number of carbonyl (C=O) groups excluding carboxylic acids is 1. The van der Waals surface area contributed by atoms with E-state index in [4.69, 9.17) is 10.00 Å². The Kier molecular flexibility index (Phi) is 4.44. The number of benzene rings is 1. The SMILES string of the molecule is CC(C)(C#N)CCCCOc1ccc2c(c1)CCC2=O. The summed E-state index contributed by atoms with van der Waals surface area (Å²) in [5, 5.41) is 8.93. The number of nitrogens with zero attached hydrogens (tertiary/aromatic N) is 1. The molecule has 1 aromatic carbocycles. The van der Waals surface area contributed by atoms with E-state index < -0.39 is 0 Å². The third-order valence-corrected chi connectivity index (χ3v) is 3.77. The highest BCUT2D eigenvalue weighted by Crippen LogP contribution is 2.26. The molecule has 0 bridgehead atoms. The smallest absolute Gasteiger partial charge is 0.163 e. The summed E-state index contributed by atoms with van der Waals surface area (Å²) in [5.41, 5.74) is 1.72. The molecular weight excluding hydrogens is 250 g/mol. The van der Waals surface area contributed by atoms with Crippen molar-refractivity contribution in [2.75, 3.05) is 6.61 Å². The van der Waals surface area contributed by atoms with Crippen LogP contribution in [0.3, 0.4) is 0 Å². The molecule has 3 nitrogen and oxygen atoms in total. The van der Waals surface area contributed by atoms with E-state index in [1.807, 2.05) is 32.0 Å². The molecule has 0 spiro atoms. The number of aryl methyl sites for hydroxylation is 1. The molecule has 2 rings (SSSR count). The van der Waals surface area contributed by atoms with Crippen molar-refractivity contribution >= 4 is 5.78 Å². The van der Waals surface area contributed by atoms with Crippen LogP contribution in [0.15, 0.2) is 18.2 Å². The fraction of sp³-hybridized carbons (Fsp3) is 0.529. The first kappa shape index (κ1) is 14.6. The second-order valence-electron chi connectivity index (χ2n) is 6.04. The van der Waals surface area contributed by atoms with Crippen LogP contribution >= 0.6 is 0 Å². The normalized spacial score (nSPS) is 13.9. The molecule has 0 heterocycles. The second-order valence-corrected chi connectivity index (χ2v) is 6.04. The lowest BCUT2D eigenvalue weighted by atomic mass is 9.89. The zero-order valence-electron chi connectivity index (χ0n) is 12.2. The molecule has 0 saturated heterocycles. The Balaban J connectivity index is 1.76. The molecule has 1 aliphatic rings. The maximum Gasteiger partial charge on any atom is 0.163 e. The summed E-state index contributed by atoms with van der Waals surface area (Å²) < 4.78 is 5.72. The van der Waals surface area contributed by atoms with E-state index in [1.165, 1.54) is 0 Å². The summed E-state index contributed by atoms with van der Waals surface area (Å²) in [6.45, 7) is 4.59. The zero-order chi connectivity index (χ0) is 14.6. The fourth-order valence-electron chi connectivity index (χ4n) is 2.44. The third-order valence-electron chi connectivity index (χ3n) is 3.77. The zero-order valence-corrected chi connectivity index (χ0v) is 12.2. The first-order valence-electron chi connectivity index (χ1n) is 7.22. The lowest BCUT2D eigenvalue weighted by Crippen LogP contribution is -2.08. The van der Waals surface area contributed by atoms with Gasteiger partial charge >= 0.3 is 0 Å². The van der Waals surface area contributed by atoms with E-state index in [-0.39, 0.29) is 11.2 Å². The molecule has 0 amide bonds. The number of ether oxygens (including phenoxy) is 1. The van der Waals surface area contributed by atoms with Gasteiger partial charge in [-0.05, 0) is 63.3 Å². The van der Waals surface area contributed by atoms with Crippen molar-refractivity contribution in [3.63, 3.8) is 0 Å². The minimum absolute atomic E-state index is 0.241. The predicted molar refractivity (Wildman–Crippen MR) is 77.8 cm³/mol. The number of ketones is 1. The Labute approximate surface area is 120 Å². The summed E-state index contributed by atoms with van der Waals surface area (Å²) in [7, 11) is 0. The van der Waals surface area contributed by atoms with Crippen molar-refractivity contribution < 1.29 is 9.53 Å². The van der Waals surface area contributed by atoms with Gasteiger partial charge in [-0.2, -0.15) is 5.26 Å². The molecule has 0 atom stereocenters. The van der Waals surface area contributed by atoms with Crippen molar-refractivity contribution in [1.29, 1.82) is 5.26 Å². The molecule has 0 aliphatic heterocycles. The molecule has 106 valence electrons.